The van der Waals surface area contributed by atoms with E-state index in [9.17, 15) is 18.0 Å². The van der Waals surface area contributed by atoms with Crippen LogP contribution in [0.1, 0.15) is 29.8 Å². The summed E-state index contributed by atoms with van der Waals surface area (Å²) in [5.74, 6) is -0.429. The van der Waals surface area contributed by atoms with Gasteiger partial charge >= 0.3 is 6.36 Å². The van der Waals surface area contributed by atoms with Crippen LogP contribution in [-0.2, 0) is 11.2 Å². The molecule has 18 heavy (non-hydrogen) atoms. The minimum Gasteiger partial charge on any atom is -0.405 e. The standard InChI is InChI=1S/C12H12BrF3O2/c1-3-8-9(11(13)7(2)17)5-4-6-10(8)18-12(14,15)16/h4-6,11H,3H2,1-2H3. The van der Waals surface area contributed by atoms with Crippen LogP contribution in [0.4, 0.5) is 13.2 Å². The van der Waals surface area contributed by atoms with Gasteiger partial charge in [-0.1, -0.05) is 35.0 Å². The monoisotopic (exact) mass is 324 g/mol. The molecule has 6 heteroatoms. The molecule has 0 N–H and O–H groups in total. The Hall–Kier alpha value is -1.04. The molecule has 0 aromatic heterocycles. The number of alkyl halides is 4. The lowest BCUT2D eigenvalue weighted by Crippen LogP contribution is -2.19. The van der Waals surface area contributed by atoms with Crippen LogP contribution in [0.5, 0.6) is 5.75 Å². The summed E-state index contributed by atoms with van der Waals surface area (Å²) >= 11 is 3.17. The molecule has 1 atom stereocenters. The number of carbonyl (C=O) groups is 1. The third kappa shape index (κ3) is 3.73. The smallest absolute Gasteiger partial charge is 0.405 e. The minimum absolute atomic E-state index is 0.172. The van der Waals surface area contributed by atoms with Gasteiger partial charge < -0.3 is 4.74 Å². The van der Waals surface area contributed by atoms with Crippen LogP contribution < -0.4 is 4.74 Å². The molecule has 0 spiro atoms. The summed E-state index contributed by atoms with van der Waals surface area (Å²) in [6.07, 6.45) is -4.39. The van der Waals surface area contributed by atoms with Crippen LogP contribution in [0.2, 0.25) is 0 Å². The van der Waals surface area contributed by atoms with Crippen LogP contribution in [0.25, 0.3) is 0 Å². The van der Waals surface area contributed by atoms with Crippen molar-refractivity contribution in [1.82, 2.24) is 0 Å². The van der Waals surface area contributed by atoms with Gasteiger partial charge in [-0.3, -0.25) is 4.79 Å². The minimum atomic E-state index is -4.74. The lowest BCUT2D eigenvalue weighted by atomic mass is 10.00. The molecule has 0 heterocycles. The highest BCUT2D eigenvalue weighted by Gasteiger charge is 2.32. The van der Waals surface area contributed by atoms with E-state index in [1.807, 2.05) is 0 Å². The van der Waals surface area contributed by atoms with Crippen molar-refractivity contribution in [3.05, 3.63) is 29.3 Å². The van der Waals surface area contributed by atoms with Gasteiger partial charge in [0.25, 0.3) is 0 Å². The first-order valence-corrected chi connectivity index (χ1v) is 6.20. The molecule has 0 saturated carbocycles. The lowest BCUT2D eigenvalue weighted by Gasteiger charge is -2.17. The number of carbonyl (C=O) groups excluding carboxylic acids is 1. The third-order valence-electron chi connectivity index (χ3n) is 2.38. The van der Waals surface area contributed by atoms with Crippen LogP contribution >= 0.6 is 15.9 Å². The molecule has 2 nitrogen and oxygen atoms in total. The molecular formula is C12H12BrF3O2. The molecule has 0 saturated heterocycles. The van der Waals surface area contributed by atoms with E-state index in [4.69, 9.17) is 0 Å². The Morgan fingerprint density at radius 2 is 2.06 bits per heavy atom. The van der Waals surface area contributed by atoms with Gasteiger partial charge in [0.2, 0.25) is 0 Å². The quantitative estimate of drug-likeness (QED) is 0.777. The first-order chi connectivity index (χ1) is 8.26. The van der Waals surface area contributed by atoms with Crippen molar-refractivity contribution in [2.24, 2.45) is 0 Å². The second-order valence-electron chi connectivity index (χ2n) is 3.70. The molecular weight excluding hydrogens is 313 g/mol. The van der Waals surface area contributed by atoms with Crippen molar-refractivity contribution in [1.29, 1.82) is 0 Å². The van der Waals surface area contributed by atoms with Crippen LogP contribution in [0.15, 0.2) is 18.2 Å². The number of hydrogen-bond acceptors (Lipinski definition) is 2. The number of ether oxygens (including phenoxy) is 1. The summed E-state index contributed by atoms with van der Waals surface area (Å²) in [5, 5.41) is 0. The molecule has 0 amide bonds. The molecule has 1 aromatic rings. The fourth-order valence-corrected chi connectivity index (χ4v) is 2.07. The van der Waals surface area contributed by atoms with E-state index in [1.54, 1.807) is 13.0 Å². The summed E-state index contributed by atoms with van der Waals surface area (Å²) in [6.45, 7) is 3.08. The van der Waals surface area contributed by atoms with Crippen molar-refractivity contribution < 1.29 is 22.7 Å². The van der Waals surface area contributed by atoms with Gasteiger partial charge in [-0.2, -0.15) is 0 Å². The van der Waals surface area contributed by atoms with Crippen LogP contribution in [-0.4, -0.2) is 12.1 Å². The molecule has 100 valence electrons. The number of hydrogen-bond donors (Lipinski definition) is 0. The third-order valence-corrected chi connectivity index (χ3v) is 3.52. The van der Waals surface area contributed by atoms with E-state index in [0.29, 0.717) is 17.5 Å². The largest absolute Gasteiger partial charge is 0.573 e. The van der Waals surface area contributed by atoms with Gasteiger partial charge in [-0.05, 0) is 30.5 Å². The second kappa shape index (κ2) is 5.73. The Balaban J connectivity index is 3.22. The summed E-state index contributed by atoms with van der Waals surface area (Å²) in [7, 11) is 0. The van der Waals surface area contributed by atoms with Crippen LogP contribution in [0.3, 0.4) is 0 Å². The van der Waals surface area contributed by atoms with Crippen LogP contribution in [0, 0.1) is 0 Å². The zero-order chi connectivity index (χ0) is 13.9. The van der Waals surface area contributed by atoms with Crippen molar-refractivity contribution >= 4 is 21.7 Å². The van der Waals surface area contributed by atoms with Gasteiger partial charge in [0.1, 0.15) is 11.5 Å². The number of rotatable bonds is 4. The number of ketones is 1. The lowest BCUT2D eigenvalue weighted by molar-refractivity contribution is -0.274. The Kier molecular flexibility index (Phi) is 4.78. The maximum absolute atomic E-state index is 12.2. The Labute approximate surface area is 111 Å². The fourth-order valence-electron chi connectivity index (χ4n) is 1.64. The van der Waals surface area contributed by atoms with Crippen molar-refractivity contribution in [3.63, 3.8) is 0 Å². The molecule has 0 radical (unpaired) electrons. The number of benzene rings is 1. The predicted molar refractivity (Wildman–Crippen MR) is 64.9 cm³/mol. The highest BCUT2D eigenvalue weighted by atomic mass is 79.9. The summed E-state index contributed by atoms with van der Waals surface area (Å²) in [5.41, 5.74) is 0.888. The van der Waals surface area contributed by atoms with Gasteiger partial charge in [0, 0.05) is 0 Å². The number of Topliss-reactive ketones (excluding diaryl/α,β-unsaturated/α-hetero) is 1. The first kappa shape index (κ1) is 15.0. The van der Waals surface area contributed by atoms with E-state index in [0.717, 1.165) is 0 Å². The van der Waals surface area contributed by atoms with E-state index in [1.165, 1.54) is 19.1 Å². The average Bonchev–Trinajstić information content (AvgIpc) is 2.25. The predicted octanol–water partition coefficient (Wildman–Crippen LogP) is 4.17. The van der Waals surface area contributed by atoms with Gasteiger partial charge in [-0.25, -0.2) is 0 Å². The zero-order valence-electron chi connectivity index (χ0n) is 9.84. The zero-order valence-corrected chi connectivity index (χ0v) is 11.4. The van der Waals surface area contributed by atoms with Gasteiger partial charge in [0.05, 0.1) is 4.83 Å². The maximum atomic E-state index is 12.2. The SMILES string of the molecule is CCc1c(OC(F)(F)F)cccc1C(Br)C(C)=O. The molecule has 1 rings (SSSR count). The Morgan fingerprint density at radius 1 is 1.44 bits per heavy atom. The van der Waals surface area contributed by atoms with E-state index in [-0.39, 0.29) is 11.5 Å². The van der Waals surface area contributed by atoms with E-state index >= 15 is 0 Å². The van der Waals surface area contributed by atoms with Gasteiger partial charge in [0.15, 0.2) is 0 Å². The fraction of sp³-hybridized carbons (Fsp3) is 0.417. The first-order valence-electron chi connectivity index (χ1n) is 5.28. The highest BCUT2D eigenvalue weighted by molar-refractivity contribution is 9.09. The van der Waals surface area contributed by atoms with E-state index in [2.05, 4.69) is 20.7 Å². The molecule has 0 aliphatic carbocycles. The summed E-state index contributed by atoms with van der Waals surface area (Å²) in [4.78, 5) is 10.7. The normalized spacial score (nSPS) is 13.2. The van der Waals surface area contributed by atoms with Crippen molar-refractivity contribution in [2.75, 3.05) is 0 Å². The van der Waals surface area contributed by atoms with E-state index < -0.39 is 11.2 Å². The molecule has 0 bridgehead atoms. The molecule has 0 aliphatic heterocycles. The maximum Gasteiger partial charge on any atom is 0.573 e. The second-order valence-corrected chi connectivity index (χ2v) is 4.61. The summed E-state index contributed by atoms with van der Waals surface area (Å²) in [6, 6.07) is 4.30. The van der Waals surface area contributed by atoms with Crippen molar-refractivity contribution in [3.8, 4) is 5.75 Å². The molecule has 1 unspecified atom stereocenters. The summed E-state index contributed by atoms with van der Waals surface area (Å²) < 4.78 is 40.7. The topological polar surface area (TPSA) is 26.3 Å². The highest BCUT2D eigenvalue weighted by Crippen LogP contribution is 2.35. The Bertz CT molecular complexity index is 443. The Morgan fingerprint density at radius 3 is 2.50 bits per heavy atom. The van der Waals surface area contributed by atoms with Crippen molar-refractivity contribution in [2.45, 2.75) is 31.5 Å². The molecule has 1 aromatic carbocycles. The average molecular weight is 325 g/mol. The molecule has 0 aliphatic rings. The van der Waals surface area contributed by atoms with Gasteiger partial charge in [-0.15, -0.1) is 13.2 Å². The number of halogens is 4. The molecule has 0 fully saturated rings.